The van der Waals surface area contributed by atoms with Gasteiger partial charge in [0, 0.05) is 29.3 Å². The van der Waals surface area contributed by atoms with Gasteiger partial charge in [0.2, 0.25) is 0 Å². The summed E-state index contributed by atoms with van der Waals surface area (Å²) in [5.41, 5.74) is 5.24. The lowest BCUT2D eigenvalue weighted by Crippen LogP contribution is -2.27. The van der Waals surface area contributed by atoms with E-state index < -0.39 is 0 Å². The predicted molar refractivity (Wildman–Crippen MR) is 115 cm³/mol. The molecule has 3 aromatic rings. The monoisotopic (exact) mass is 385 g/mol. The zero-order valence-electron chi connectivity index (χ0n) is 16.6. The lowest BCUT2D eigenvalue weighted by Gasteiger charge is -2.35. The van der Waals surface area contributed by atoms with Crippen molar-refractivity contribution in [2.75, 3.05) is 19.5 Å². The van der Waals surface area contributed by atoms with E-state index in [2.05, 4.69) is 41.7 Å². The third-order valence-corrected chi connectivity index (χ3v) is 6.03. The van der Waals surface area contributed by atoms with Crippen molar-refractivity contribution in [1.29, 1.82) is 0 Å². The van der Waals surface area contributed by atoms with Gasteiger partial charge in [-0.3, -0.25) is 4.79 Å². The standard InChI is InChI=1S/C25H23NO3/c1-28-21-13-11-16(14-22(21)29-2)23-24-17-7-4-3-6-15(17)10-12-19(24)26-18-8-5-9-20(27)25(18)23/h3-4,6-7,10-14,23,26H,5,8-9H2,1-2H3. The Morgan fingerprint density at radius 3 is 2.59 bits per heavy atom. The molecular weight excluding hydrogens is 362 g/mol. The molecule has 0 bridgehead atoms. The summed E-state index contributed by atoms with van der Waals surface area (Å²) in [7, 11) is 3.28. The molecule has 0 aromatic heterocycles. The average molecular weight is 385 g/mol. The molecule has 0 saturated heterocycles. The number of carbonyl (C=O) groups excluding carboxylic acids is 1. The van der Waals surface area contributed by atoms with Gasteiger partial charge in [-0.05, 0) is 52.9 Å². The number of hydrogen-bond acceptors (Lipinski definition) is 4. The van der Waals surface area contributed by atoms with Gasteiger partial charge in [0.15, 0.2) is 17.3 Å². The van der Waals surface area contributed by atoms with E-state index in [1.54, 1.807) is 14.2 Å². The summed E-state index contributed by atoms with van der Waals surface area (Å²) < 4.78 is 11.0. The fourth-order valence-electron chi connectivity index (χ4n) is 4.72. The quantitative estimate of drug-likeness (QED) is 0.654. The largest absolute Gasteiger partial charge is 0.493 e. The minimum atomic E-state index is -0.125. The van der Waals surface area contributed by atoms with Gasteiger partial charge < -0.3 is 14.8 Å². The second kappa shape index (κ2) is 6.96. The van der Waals surface area contributed by atoms with E-state index in [4.69, 9.17) is 9.47 Å². The molecule has 0 radical (unpaired) electrons. The number of allylic oxidation sites excluding steroid dienone is 2. The molecule has 3 aromatic carbocycles. The molecule has 29 heavy (non-hydrogen) atoms. The van der Waals surface area contributed by atoms with Crippen molar-refractivity contribution in [1.82, 2.24) is 0 Å². The highest BCUT2D eigenvalue weighted by Crippen LogP contribution is 2.49. The number of Topliss-reactive ketones (excluding diaryl/α,β-unsaturated/α-hetero) is 1. The molecule has 1 unspecified atom stereocenters. The number of fused-ring (bicyclic) bond motifs is 3. The molecule has 5 rings (SSSR count). The topological polar surface area (TPSA) is 47.6 Å². The number of ether oxygens (including phenoxy) is 2. The fourth-order valence-corrected chi connectivity index (χ4v) is 4.72. The molecule has 1 heterocycles. The molecule has 1 atom stereocenters. The second-order valence-corrected chi connectivity index (χ2v) is 7.59. The van der Waals surface area contributed by atoms with Crippen LogP contribution in [0, 0.1) is 0 Å². The highest BCUT2D eigenvalue weighted by Gasteiger charge is 2.36. The van der Waals surface area contributed by atoms with Gasteiger partial charge >= 0.3 is 0 Å². The van der Waals surface area contributed by atoms with Gasteiger partial charge in [-0.25, -0.2) is 0 Å². The first-order valence-electron chi connectivity index (χ1n) is 9.98. The van der Waals surface area contributed by atoms with E-state index in [0.29, 0.717) is 17.9 Å². The Morgan fingerprint density at radius 2 is 1.76 bits per heavy atom. The van der Waals surface area contributed by atoms with Gasteiger partial charge in [0.1, 0.15) is 0 Å². The Balaban J connectivity index is 1.81. The zero-order chi connectivity index (χ0) is 20.0. The first-order valence-corrected chi connectivity index (χ1v) is 9.98. The number of methoxy groups -OCH3 is 2. The lowest BCUT2D eigenvalue weighted by atomic mass is 9.74. The third-order valence-electron chi connectivity index (χ3n) is 6.03. The van der Waals surface area contributed by atoms with Gasteiger partial charge in [0.05, 0.1) is 14.2 Å². The number of hydrogen-bond donors (Lipinski definition) is 1. The molecule has 0 saturated carbocycles. The van der Waals surface area contributed by atoms with Crippen molar-refractivity contribution in [3.63, 3.8) is 0 Å². The first-order chi connectivity index (χ1) is 14.2. The fraction of sp³-hybridized carbons (Fsp3) is 0.240. The van der Waals surface area contributed by atoms with Gasteiger partial charge in [0.25, 0.3) is 0 Å². The minimum Gasteiger partial charge on any atom is -0.493 e. The summed E-state index contributed by atoms with van der Waals surface area (Å²) in [5, 5.41) is 5.92. The van der Waals surface area contributed by atoms with Crippen LogP contribution in [0.2, 0.25) is 0 Å². The van der Waals surface area contributed by atoms with Crippen LogP contribution in [0.3, 0.4) is 0 Å². The summed E-state index contributed by atoms with van der Waals surface area (Å²) >= 11 is 0. The molecule has 146 valence electrons. The average Bonchev–Trinajstić information content (AvgIpc) is 2.77. The highest BCUT2D eigenvalue weighted by atomic mass is 16.5. The zero-order valence-corrected chi connectivity index (χ0v) is 16.6. The number of anilines is 1. The van der Waals surface area contributed by atoms with Crippen LogP contribution in [0.1, 0.15) is 36.3 Å². The normalized spacial score (nSPS) is 18.1. The molecule has 0 fully saturated rings. The molecule has 0 amide bonds. The van der Waals surface area contributed by atoms with Crippen molar-refractivity contribution >= 4 is 22.2 Å². The Kier molecular flexibility index (Phi) is 4.27. The molecule has 4 nitrogen and oxygen atoms in total. The summed E-state index contributed by atoms with van der Waals surface area (Å²) in [6, 6.07) is 18.6. The van der Waals surface area contributed by atoms with E-state index in [1.165, 1.54) is 10.8 Å². The Hall–Kier alpha value is -3.27. The van der Waals surface area contributed by atoms with Gasteiger partial charge in [-0.15, -0.1) is 0 Å². The maximum absolute atomic E-state index is 13.1. The van der Waals surface area contributed by atoms with Crippen LogP contribution >= 0.6 is 0 Å². The number of ketones is 1. The first kappa shape index (κ1) is 17.8. The number of nitrogens with one attached hydrogen (secondary N) is 1. The molecular formula is C25H23NO3. The van der Waals surface area contributed by atoms with E-state index in [-0.39, 0.29) is 11.7 Å². The van der Waals surface area contributed by atoms with E-state index in [1.807, 2.05) is 18.2 Å². The van der Waals surface area contributed by atoms with E-state index >= 15 is 0 Å². The van der Waals surface area contributed by atoms with Crippen LogP contribution in [0.25, 0.3) is 10.8 Å². The smallest absolute Gasteiger partial charge is 0.161 e. The Labute approximate surface area is 170 Å². The van der Waals surface area contributed by atoms with Crippen molar-refractivity contribution < 1.29 is 14.3 Å². The van der Waals surface area contributed by atoms with Crippen LogP contribution in [0.4, 0.5) is 5.69 Å². The van der Waals surface area contributed by atoms with Gasteiger partial charge in [-0.1, -0.05) is 36.4 Å². The number of benzene rings is 3. The third kappa shape index (κ3) is 2.79. The molecule has 0 spiro atoms. The van der Waals surface area contributed by atoms with Crippen LogP contribution < -0.4 is 14.8 Å². The van der Waals surface area contributed by atoms with Crippen LogP contribution in [-0.4, -0.2) is 20.0 Å². The molecule has 2 aliphatic rings. The summed E-state index contributed by atoms with van der Waals surface area (Å²) in [4.78, 5) is 13.1. The summed E-state index contributed by atoms with van der Waals surface area (Å²) in [5.74, 6) is 1.47. The van der Waals surface area contributed by atoms with Crippen molar-refractivity contribution in [3.8, 4) is 11.5 Å². The maximum Gasteiger partial charge on any atom is 0.161 e. The molecule has 4 heteroatoms. The highest BCUT2D eigenvalue weighted by molar-refractivity contribution is 6.04. The number of rotatable bonds is 3. The van der Waals surface area contributed by atoms with Gasteiger partial charge in [-0.2, -0.15) is 0 Å². The minimum absolute atomic E-state index is 0.125. The SMILES string of the molecule is COc1ccc(C2C3=C(CCCC3=O)Nc3ccc4ccccc4c32)cc1OC. The number of carbonyl (C=O) groups is 1. The Bertz CT molecular complexity index is 1160. The predicted octanol–water partition coefficient (Wildman–Crippen LogP) is 5.42. The van der Waals surface area contributed by atoms with Crippen LogP contribution in [-0.2, 0) is 4.79 Å². The van der Waals surface area contributed by atoms with E-state index in [9.17, 15) is 4.79 Å². The lowest BCUT2D eigenvalue weighted by molar-refractivity contribution is -0.116. The molecule has 1 aliphatic carbocycles. The van der Waals surface area contributed by atoms with E-state index in [0.717, 1.165) is 40.9 Å². The second-order valence-electron chi connectivity index (χ2n) is 7.59. The molecule has 1 N–H and O–H groups in total. The van der Waals surface area contributed by atoms with Crippen molar-refractivity contribution in [2.45, 2.75) is 25.2 Å². The van der Waals surface area contributed by atoms with Crippen molar-refractivity contribution in [2.24, 2.45) is 0 Å². The van der Waals surface area contributed by atoms with Crippen molar-refractivity contribution in [3.05, 3.63) is 77.0 Å². The maximum atomic E-state index is 13.1. The molecule has 1 aliphatic heterocycles. The summed E-state index contributed by atoms with van der Waals surface area (Å²) in [6.07, 6.45) is 2.40. The Morgan fingerprint density at radius 1 is 0.931 bits per heavy atom. The summed E-state index contributed by atoms with van der Waals surface area (Å²) in [6.45, 7) is 0. The van der Waals surface area contributed by atoms with Crippen LogP contribution in [0.15, 0.2) is 65.9 Å². The van der Waals surface area contributed by atoms with Crippen LogP contribution in [0.5, 0.6) is 11.5 Å².